The molecule has 1 aliphatic heterocycles. The molecule has 1 saturated carbocycles. The van der Waals surface area contributed by atoms with Crippen LogP contribution < -0.4 is 11.3 Å². The summed E-state index contributed by atoms with van der Waals surface area (Å²) in [6.07, 6.45) is 6.59. The van der Waals surface area contributed by atoms with Crippen LogP contribution in [0, 0.1) is 4.91 Å². The number of anilines is 1. The van der Waals surface area contributed by atoms with E-state index >= 15 is 0 Å². The average Bonchev–Trinajstić information content (AvgIpc) is 2.89. The average molecular weight is 477 g/mol. The number of halogens is 1. The van der Waals surface area contributed by atoms with Crippen molar-refractivity contribution in [1.82, 2.24) is 14.9 Å². The summed E-state index contributed by atoms with van der Waals surface area (Å²) in [5.41, 5.74) is 7.68. The number of nitrogens with zero attached hydrogens (tertiary/aromatic N) is 4. The molecular formula is C26H29ClN6O. The highest BCUT2D eigenvalue weighted by Crippen LogP contribution is 2.39. The molecule has 0 atom stereocenters. The normalized spacial score (nSPS) is 22.7. The summed E-state index contributed by atoms with van der Waals surface area (Å²) in [5.74, 6) is 6.33. The number of fused-ring (bicyclic) bond motifs is 1. The highest BCUT2D eigenvalue weighted by atomic mass is 35.5. The summed E-state index contributed by atoms with van der Waals surface area (Å²) >= 11 is 6.08. The van der Waals surface area contributed by atoms with E-state index in [2.05, 4.69) is 37.6 Å². The lowest BCUT2D eigenvalue weighted by Gasteiger charge is -2.41. The second-order valence-electron chi connectivity index (χ2n) is 9.40. The van der Waals surface area contributed by atoms with E-state index in [0.717, 1.165) is 79.0 Å². The van der Waals surface area contributed by atoms with Gasteiger partial charge in [0, 0.05) is 36.1 Å². The zero-order valence-corrected chi connectivity index (χ0v) is 19.8. The Morgan fingerprint density at radius 2 is 1.88 bits per heavy atom. The van der Waals surface area contributed by atoms with Gasteiger partial charge in [0.1, 0.15) is 17.7 Å². The molecule has 2 aromatic carbocycles. The van der Waals surface area contributed by atoms with E-state index in [1.807, 2.05) is 36.4 Å². The van der Waals surface area contributed by atoms with Crippen molar-refractivity contribution < 1.29 is 0 Å². The van der Waals surface area contributed by atoms with Gasteiger partial charge in [-0.05, 0) is 60.9 Å². The van der Waals surface area contributed by atoms with Crippen LogP contribution in [0.25, 0.3) is 11.1 Å². The van der Waals surface area contributed by atoms with Crippen LogP contribution in [-0.2, 0) is 19.4 Å². The van der Waals surface area contributed by atoms with E-state index < -0.39 is 5.54 Å². The van der Waals surface area contributed by atoms with Gasteiger partial charge in [-0.15, -0.1) is 0 Å². The van der Waals surface area contributed by atoms with E-state index in [9.17, 15) is 4.91 Å². The van der Waals surface area contributed by atoms with Gasteiger partial charge < -0.3 is 5.43 Å². The van der Waals surface area contributed by atoms with E-state index in [1.54, 1.807) is 6.33 Å². The minimum atomic E-state index is -0.564. The molecular weight excluding hydrogens is 448 g/mol. The third kappa shape index (κ3) is 4.56. The molecule has 0 spiro atoms. The van der Waals surface area contributed by atoms with Gasteiger partial charge in [-0.2, -0.15) is 4.91 Å². The smallest absolute Gasteiger partial charge is 0.146 e. The van der Waals surface area contributed by atoms with E-state index in [1.165, 1.54) is 0 Å². The van der Waals surface area contributed by atoms with E-state index in [4.69, 9.17) is 17.4 Å². The summed E-state index contributed by atoms with van der Waals surface area (Å²) in [4.78, 5) is 23.4. The molecule has 3 aromatic rings. The minimum Gasteiger partial charge on any atom is -0.308 e. The molecule has 1 aliphatic carbocycles. The molecule has 7 nitrogen and oxygen atoms in total. The van der Waals surface area contributed by atoms with Crippen molar-refractivity contribution in [2.45, 2.75) is 56.7 Å². The van der Waals surface area contributed by atoms with Gasteiger partial charge in [0.05, 0.1) is 5.69 Å². The number of nitroso groups, excluding NO2 is 1. The van der Waals surface area contributed by atoms with Crippen molar-refractivity contribution in [1.29, 1.82) is 0 Å². The largest absolute Gasteiger partial charge is 0.308 e. The third-order valence-corrected chi connectivity index (χ3v) is 7.71. The van der Waals surface area contributed by atoms with E-state index in [0.29, 0.717) is 17.5 Å². The first kappa shape index (κ1) is 22.9. The molecule has 0 radical (unpaired) electrons. The van der Waals surface area contributed by atoms with E-state index in [-0.39, 0.29) is 0 Å². The maximum atomic E-state index is 12.2. The summed E-state index contributed by atoms with van der Waals surface area (Å²) in [7, 11) is 0. The molecule has 2 heterocycles. The molecule has 1 fully saturated rings. The molecule has 1 aromatic heterocycles. The molecule has 0 bridgehead atoms. The van der Waals surface area contributed by atoms with Crippen LogP contribution in [-0.4, -0.2) is 33.0 Å². The zero-order chi connectivity index (χ0) is 23.5. The Hall–Kier alpha value is -2.87. The Morgan fingerprint density at radius 3 is 2.62 bits per heavy atom. The molecule has 3 N–H and O–H groups in total. The number of hydrazine groups is 1. The lowest BCUT2D eigenvalue weighted by Crippen LogP contribution is -2.45. The van der Waals surface area contributed by atoms with Gasteiger partial charge in [-0.3, -0.25) is 4.90 Å². The molecule has 0 unspecified atom stereocenters. The lowest BCUT2D eigenvalue weighted by molar-refractivity contribution is 0.111. The maximum Gasteiger partial charge on any atom is 0.146 e. The molecule has 0 amide bonds. The second-order valence-corrected chi connectivity index (χ2v) is 9.84. The Kier molecular flexibility index (Phi) is 6.59. The van der Waals surface area contributed by atoms with Crippen molar-refractivity contribution in [2.75, 3.05) is 12.0 Å². The van der Waals surface area contributed by atoms with Crippen molar-refractivity contribution in [3.8, 4) is 11.1 Å². The van der Waals surface area contributed by atoms with Crippen LogP contribution >= 0.6 is 11.6 Å². The predicted octanol–water partition coefficient (Wildman–Crippen LogP) is 5.13. The van der Waals surface area contributed by atoms with Gasteiger partial charge in [-0.25, -0.2) is 15.8 Å². The van der Waals surface area contributed by atoms with Crippen LogP contribution in [0.1, 0.15) is 42.5 Å². The zero-order valence-electron chi connectivity index (χ0n) is 19.1. The molecule has 5 rings (SSSR count). The first-order chi connectivity index (χ1) is 16.6. The molecule has 0 saturated heterocycles. The number of rotatable bonds is 6. The van der Waals surface area contributed by atoms with Gasteiger partial charge >= 0.3 is 0 Å². The fraction of sp³-hybridized carbons (Fsp3) is 0.385. The fourth-order valence-electron chi connectivity index (χ4n) is 5.56. The maximum absolute atomic E-state index is 12.2. The monoisotopic (exact) mass is 476 g/mol. The Morgan fingerprint density at radius 1 is 1.12 bits per heavy atom. The molecule has 8 heteroatoms. The van der Waals surface area contributed by atoms with Gasteiger partial charge in [-0.1, -0.05) is 53.2 Å². The minimum absolute atomic E-state index is 0.429. The molecule has 176 valence electrons. The SMILES string of the molecule is NNc1ncnc2c1CCN(C1CCC(Cc3ccccc3-c3ccc(Cl)cc3)(N=O)CC1)C2. The van der Waals surface area contributed by atoms with Crippen LogP contribution in [0.15, 0.2) is 60.0 Å². The fourth-order valence-corrected chi connectivity index (χ4v) is 5.68. The number of benzene rings is 2. The van der Waals surface area contributed by atoms with Gasteiger partial charge in [0.15, 0.2) is 0 Å². The predicted molar refractivity (Wildman–Crippen MR) is 135 cm³/mol. The first-order valence-corrected chi connectivity index (χ1v) is 12.2. The topological polar surface area (TPSA) is 96.5 Å². The summed E-state index contributed by atoms with van der Waals surface area (Å²) in [5, 5.41) is 4.44. The molecule has 2 aliphatic rings. The van der Waals surface area contributed by atoms with Crippen molar-refractivity contribution >= 4 is 17.4 Å². The number of aromatic nitrogens is 2. The number of nitrogens with two attached hydrogens (primary N) is 1. The Balaban J connectivity index is 1.29. The van der Waals surface area contributed by atoms with Gasteiger partial charge in [0.2, 0.25) is 0 Å². The number of hydrogen-bond donors (Lipinski definition) is 2. The lowest BCUT2D eigenvalue weighted by atomic mass is 9.75. The third-order valence-electron chi connectivity index (χ3n) is 7.46. The summed E-state index contributed by atoms with van der Waals surface area (Å²) in [6, 6.07) is 16.6. The van der Waals surface area contributed by atoms with Gasteiger partial charge in [0.25, 0.3) is 0 Å². The van der Waals surface area contributed by atoms with Crippen LogP contribution in [0.5, 0.6) is 0 Å². The quantitative estimate of drug-likeness (QED) is 0.291. The highest BCUT2D eigenvalue weighted by molar-refractivity contribution is 6.30. The standard InChI is InChI=1S/C26H29ClN6O/c27-20-7-5-18(6-8-20)22-4-2-1-3-19(22)15-26(32-34)12-9-21(10-13-26)33-14-11-23-24(16-33)29-17-30-25(23)31-28/h1-8,17,21H,9-16,28H2,(H,29,30,31). The summed E-state index contributed by atoms with van der Waals surface area (Å²) < 4.78 is 0. The number of nitrogen functional groups attached to an aromatic ring is 1. The van der Waals surface area contributed by atoms with Crippen LogP contribution in [0.4, 0.5) is 5.82 Å². The van der Waals surface area contributed by atoms with Crippen LogP contribution in [0.2, 0.25) is 5.02 Å². The molecule has 34 heavy (non-hydrogen) atoms. The number of nitrogens with one attached hydrogen (secondary N) is 1. The highest BCUT2D eigenvalue weighted by Gasteiger charge is 2.39. The second kappa shape index (κ2) is 9.78. The van der Waals surface area contributed by atoms with Crippen molar-refractivity contribution in [3.63, 3.8) is 0 Å². The first-order valence-electron chi connectivity index (χ1n) is 11.8. The Labute approximate surface area is 204 Å². The van der Waals surface area contributed by atoms with Crippen molar-refractivity contribution in [3.05, 3.63) is 81.6 Å². The summed E-state index contributed by atoms with van der Waals surface area (Å²) in [6.45, 7) is 1.73. The van der Waals surface area contributed by atoms with Crippen LogP contribution in [0.3, 0.4) is 0 Å². The number of hydrogen-bond acceptors (Lipinski definition) is 7. The van der Waals surface area contributed by atoms with Crippen molar-refractivity contribution in [2.24, 2.45) is 11.0 Å². The Bertz CT molecular complexity index is 1160.